The second-order valence-electron chi connectivity index (χ2n) is 8.68. The van der Waals surface area contributed by atoms with Crippen LogP contribution < -0.4 is 5.84 Å². The molecular weight excluding hydrogens is 438 g/mol. The summed E-state index contributed by atoms with van der Waals surface area (Å²) < 4.78 is 2.31. The Hall–Kier alpha value is -3.24. The summed E-state index contributed by atoms with van der Waals surface area (Å²) in [7, 11) is 0. The van der Waals surface area contributed by atoms with Crippen LogP contribution in [0.1, 0.15) is 49.8 Å². The zero-order valence-electron chi connectivity index (χ0n) is 18.7. The number of benzene rings is 2. The van der Waals surface area contributed by atoms with Gasteiger partial charge in [0.25, 0.3) is 0 Å². The van der Waals surface area contributed by atoms with Gasteiger partial charge in [-0.15, -0.1) is 14.9 Å². The molecule has 9 nitrogen and oxygen atoms in total. The van der Waals surface area contributed by atoms with Gasteiger partial charge in [0.2, 0.25) is 4.77 Å². The standard InChI is InChI=1S/C23H27N7O2S/c1-15(2)18-12-19(21(27-32)13-20(18)26-31)22-25-30(24)23(33)29(22)17-8-10-28(11-9-17)14-16-6-4-3-5-7-16/h3-7,12-13,15,17H,8-11,14,24H2,1-2H3. The molecule has 0 amide bonds. The molecule has 1 aliphatic heterocycles. The van der Waals surface area contributed by atoms with Crippen LogP contribution in [0.2, 0.25) is 0 Å². The van der Waals surface area contributed by atoms with Gasteiger partial charge in [-0.25, -0.2) is 0 Å². The molecule has 1 aliphatic rings. The quantitative estimate of drug-likeness (QED) is 0.278. The molecule has 0 spiro atoms. The average Bonchev–Trinajstić information content (AvgIpc) is 3.13. The molecule has 1 saturated heterocycles. The summed E-state index contributed by atoms with van der Waals surface area (Å²) >= 11 is 5.59. The Morgan fingerprint density at radius 3 is 2.36 bits per heavy atom. The molecule has 2 heterocycles. The first kappa shape index (κ1) is 22.9. The Morgan fingerprint density at radius 1 is 1.09 bits per heavy atom. The number of hydrogen-bond acceptors (Lipinski definition) is 8. The van der Waals surface area contributed by atoms with Crippen molar-refractivity contribution in [1.82, 2.24) is 19.4 Å². The van der Waals surface area contributed by atoms with E-state index in [2.05, 4.69) is 44.6 Å². The topological polar surface area (TPSA) is 111 Å². The van der Waals surface area contributed by atoms with E-state index in [1.807, 2.05) is 24.5 Å². The van der Waals surface area contributed by atoms with Crippen LogP contribution in [0.4, 0.5) is 11.4 Å². The lowest BCUT2D eigenvalue weighted by Gasteiger charge is -2.33. The number of nitrogens with two attached hydrogens (primary N) is 1. The predicted molar refractivity (Wildman–Crippen MR) is 132 cm³/mol. The van der Waals surface area contributed by atoms with Crippen molar-refractivity contribution >= 4 is 23.6 Å². The van der Waals surface area contributed by atoms with Gasteiger partial charge in [-0.05, 0) is 64.6 Å². The number of hydrogen-bond donors (Lipinski definition) is 1. The van der Waals surface area contributed by atoms with Crippen LogP contribution >= 0.6 is 12.2 Å². The van der Waals surface area contributed by atoms with Gasteiger partial charge in [-0.3, -0.25) is 9.47 Å². The maximum absolute atomic E-state index is 11.6. The first-order valence-corrected chi connectivity index (χ1v) is 11.4. The van der Waals surface area contributed by atoms with Crippen LogP contribution in [0.15, 0.2) is 52.8 Å². The van der Waals surface area contributed by atoms with Crippen LogP contribution in [0.5, 0.6) is 0 Å². The second kappa shape index (κ2) is 9.72. The molecule has 0 bridgehead atoms. The first-order chi connectivity index (χ1) is 15.9. The minimum absolute atomic E-state index is 0.0229. The molecule has 0 saturated carbocycles. The fourth-order valence-electron chi connectivity index (χ4n) is 4.47. The third-order valence-electron chi connectivity index (χ3n) is 6.21. The number of aromatic nitrogens is 3. The highest BCUT2D eigenvalue weighted by atomic mass is 32.1. The summed E-state index contributed by atoms with van der Waals surface area (Å²) in [5.41, 5.74) is 2.80. The summed E-state index contributed by atoms with van der Waals surface area (Å²) in [6.45, 7) is 6.62. The van der Waals surface area contributed by atoms with Crippen LogP contribution in [0, 0.1) is 14.6 Å². The molecule has 33 heavy (non-hydrogen) atoms. The number of nitrogens with zero attached hydrogens (tertiary/aromatic N) is 6. The third-order valence-corrected chi connectivity index (χ3v) is 6.59. The molecule has 0 unspecified atom stereocenters. The monoisotopic (exact) mass is 465 g/mol. The highest BCUT2D eigenvalue weighted by Crippen LogP contribution is 2.40. The largest absolute Gasteiger partial charge is 0.320 e. The highest BCUT2D eigenvalue weighted by Gasteiger charge is 2.27. The molecule has 4 rings (SSSR count). The van der Waals surface area contributed by atoms with Crippen LogP contribution in [0.3, 0.4) is 0 Å². The SMILES string of the molecule is CC(C)c1cc(-c2nn(N)c(=S)n2C2CCN(Cc3ccccc3)CC2)c(N=O)cc1N=O. The fraction of sp³-hybridized carbons (Fsp3) is 0.391. The van der Waals surface area contributed by atoms with Gasteiger partial charge in [-0.2, -0.15) is 4.79 Å². The summed E-state index contributed by atoms with van der Waals surface area (Å²) in [6.07, 6.45) is 1.74. The molecule has 172 valence electrons. The Balaban J connectivity index is 1.67. The second-order valence-corrected chi connectivity index (χ2v) is 9.04. The van der Waals surface area contributed by atoms with E-state index in [-0.39, 0.29) is 23.3 Å². The molecule has 2 N–H and O–H groups in total. The lowest BCUT2D eigenvalue weighted by Crippen LogP contribution is -2.34. The zero-order valence-corrected chi connectivity index (χ0v) is 19.5. The average molecular weight is 466 g/mol. The minimum Gasteiger partial charge on any atom is -0.320 e. The van der Waals surface area contributed by atoms with Gasteiger partial charge >= 0.3 is 0 Å². The fourth-order valence-corrected chi connectivity index (χ4v) is 4.75. The van der Waals surface area contributed by atoms with Gasteiger partial charge in [0.15, 0.2) is 5.82 Å². The molecule has 1 fully saturated rings. The van der Waals surface area contributed by atoms with Gasteiger partial charge in [0.05, 0.1) is 0 Å². The molecule has 3 aromatic rings. The van der Waals surface area contributed by atoms with Crippen molar-refractivity contribution in [3.63, 3.8) is 0 Å². The van der Waals surface area contributed by atoms with E-state index in [0.717, 1.165) is 37.3 Å². The lowest BCUT2D eigenvalue weighted by molar-refractivity contribution is 0.179. The molecular formula is C23H27N7O2S. The van der Waals surface area contributed by atoms with Gasteiger partial charge in [-0.1, -0.05) is 44.2 Å². The van der Waals surface area contributed by atoms with E-state index in [9.17, 15) is 9.81 Å². The third kappa shape index (κ3) is 4.62. The van der Waals surface area contributed by atoms with Gasteiger partial charge in [0, 0.05) is 31.2 Å². The van der Waals surface area contributed by atoms with Crippen LogP contribution in [0.25, 0.3) is 11.4 Å². The van der Waals surface area contributed by atoms with Crippen molar-refractivity contribution in [3.8, 4) is 11.4 Å². The number of nitroso groups, excluding NO2 is 2. The summed E-state index contributed by atoms with van der Waals surface area (Å²) in [4.78, 5) is 26.5. The predicted octanol–water partition coefficient (Wildman–Crippen LogP) is 5.55. The van der Waals surface area contributed by atoms with Crippen LogP contribution in [-0.2, 0) is 6.54 Å². The summed E-state index contributed by atoms with van der Waals surface area (Å²) in [6, 6.07) is 13.7. The molecule has 1 aromatic heterocycles. The maximum atomic E-state index is 11.6. The normalized spacial score (nSPS) is 15.1. The van der Waals surface area contributed by atoms with E-state index < -0.39 is 0 Å². The van der Waals surface area contributed by atoms with E-state index >= 15 is 0 Å². The number of piperidine rings is 1. The molecule has 0 radical (unpaired) electrons. The van der Waals surface area contributed by atoms with E-state index in [1.165, 1.54) is 11.6 Å². The highest BCUT2D eigenvalue weighted by molar-refractivity contribution is 7.71. The smallest absolute Gasteiger partial charge is 0.219 e. The van der Waals surface area contributed by atoms with Crippen molar-refractivity contribution in [3.05, 3.63) is 68.2 Å². The Bertz CT molecular complexity index is 1210. The van der Waals surface area contributed by atoms with Gasteiger partial charge < -0.3 is 5.84 Å². The summed E-state index contributed by atoms with van der Waals surface area (Å²) in [5.74, 6) is 6.56. The van der Waals surface area contributed by atoms with E-state index in [4.69, 9.17) is 18.1 Å². The Labute approximate surface area is 197 Å². The minimum atomic E-state index is 0.0229. The van der Waals surface area contributed by atoms with Gasteiger partial charge in [0.1, 0.15) is 11.4 Å². The Kier molecular flexibility index (Phi) is 6.75. The maximum Gasteiger partial charge on any atom is 0.219 e. The van der Waals surface area contributed by atoms with Crippen molar-refractivity contribution in [2.75, 3.05) is 18.9 Å². The molecule has 2 aromatic carbocycles. The van der Waals surface area contributed by atoms with E-state index in [1.54, 1.807) is 6.07 Å². The molecule has 0 atom stereocenters. The molecule has 0 aliphatic carbocycles. The van der Waals surface area contributed by atoms with Crippen LogP contribution in [-0.4, -0.2) is 32.4 Å². The lowest BCUT2D eigenvalue weighted by atomic mass is 9.96. The van der Waals surface area contributed by atoms with E-state index in [0.29, 0.717) is 21.7 Å². The number of likely N-dealkylation sites (tertiary alicyclic amines) is 1. The summed E-state index contributed by atoms with van der Waals surface area (Å²) in [5, 5.41) is 10.7. The molecule has 10 heteroatoms. The van der Waals surface area contributed by atoms with Crippen molar-refractivity contribution in [1.29, 1.82) is 0 Å². The van der Waals surface area contributed by atoms with Crippen molar-refractivity contribution in [2.45, 2.75) is 45.2 Å². The Morgan fingerprint density at radius 2 is 1.76 bits per heavy atom. The first-order valence-electron chi connectivity index (χ1n) is 11.0. The number of nitrogen functional groups attached to an aromatic ring is 1. The van der Waals surface area contributed by atoms with Crippen molar-refractivity contribution < 1.29 is 0 Å². The van der Waals surface area contributed by atoms with Crippen molar-refractivity contribution in [2.24, 2.45) is 10.4 Å². The number of rotatable bonds is 7. The zero-order chi connectivity index (χ0) is 23.5.